The number of hydrogen-bond acceptors (Lipinski definition) is 20. The molecule has 3 aliphatic heterocycles. The first-order chi connectivity index (χ1) is 42.8. The molecule has 2 atom stereocenters. The number of ketones is 1. The maximum atomic E-state index is 15.0. The number of Topliss-reactive ketones (excluding diaryl/α,β-unsaturated/α-hetero) is 1. The van der Waals surface area contributed by atoms with Crippen molar-refractivity contribution in [3.8, 4) is 28.7 Å². The van der Waals surface area contributed by atoms with Crippen molar-refractivity contribution in [2.75, 3.05) is 65.1 Å². The number of ether oxygens (including phenoxy) is 7. The smallest absolute Gasteiger partial charge is 0.413 e. The van der Waals surface area contributed by atoms with Crippen molar-refractivity contribution >= 4 is 80.9 Å². The first kappa shape index (κ1) is 66.2. The molecule has 0 unspecified atom stereocenters. The number of thiazole rings is 1. The molecule has 2 fully saturated rings. The number of carbonyl (C=O) groups excluding carboxylic acids is 5. The highest BCUT2D eigenvalue weighted by atomic mass is 35.5. The second-order valence-corrected chi connectivity index (χ2v) is 26.8. The van der Waals surface area contributed by atoms with Gasteiger partial charge in [0, 0.05) is 36.0 Å². The van der Waals surface area contributed by atoms with E-state index in [-0.39, 0.29) is 71.5 Å². The fraction of sp³-hybridized carbons (Fsp3) is 0.438. The lowest BCUT2D eigenvalue weighted by Gasteiger charge is -2.50. The van der Waals surface area contributed by atoms with Crippen molar-refractivity contribution < 1.29 is 66.5 Å². The van der Waals surface area contributed by atoms with E-state index in [1.54, 1.807) is 84.6 Å². The number of β-lactam (4-membered cyclic amide) rings is 1. The van der Waals surface area contributed by atoms with Gasteiger partial charge in [-0.1, -0.05) is 53.2 Å². The average Bonchev–Trinajstić information content (AvgIpc) is 1.02. The molecule has 3 amide bonds. The molecule has 478 valence electrons. The second kappa shape index (κ2) is 28.3. The Morgan fingerprint density at radius 3 is 1.98 bits per heavy atom. The molecule has 0 bridgehead atoms. The molecule has 0 radical (unpaired) electrons. The van der Waals surface area contributed by atoms with Gasteiger partial charge in [0.15, 0.2) is 33.9 Å². The fourth-order valence-corrected chi connectivity index (χ4v) is 12.8. The van der Waals surface area contributed by atoms with Gasteiger partial charge in [-0.2, -0.15) is 0 Å². The summed E-state index contributed by atoms with van der Waals surface area (Å²) in [6.45, 7) is 16.8. The molecule has 26 heteroatoms. The summed E-state index contributed by atoms with van der Waals surface area (Å²) >= 11 is 9.68. The summed E-state index contributed by atoms with van der Waals surface area (Å²) in [7, 11) is 4.80. The number of methoxy groups -OCH3 is 3. The van der Waals surface area contributed by atoms with Gasteiger partial charge in [0.2, 0.25) is 11.5 Å². The lowest BCUT2D eigenvalue weighted by Crippen LogP contribution is -2.61. The van der Waals surface area contributed by atoms with Gasteiger partial charge in [0.05, 0.1) is 81.6 Å². The van der Waals surface area contributed by atoms with Crippen molar-refractivity contribution in [3.05, 3.63) is 135 Å². The number of oxime groups is 1. The maximum Gasteiger partial charge on any atom is 0.413 e. The summed E-state index contributed by atoms with van der Waals surface area (Å²) < 4.78 is 42.0. The van der Waals surface area contributed by atoms with E-state index in [9.17, 15) is 19.2 Å². The maximum absolute atomic E-state index is 15.0. The molecule has 90 heavy (non-hydrogen) atoms. The van der Waals surface area contributed by atoms with E-state index in [1.165, 1.54) is 31.0 Å². The van der Waals surface area contributed by atoms with Crippen LogP contribution >= 0.6 is 34.7 Å². The van der Waals surface area contributed by atoms with Gasteiger partial charge in [0.25, 0.3) is 5.91 Å². The second-order valence-electron chi connectivity index (χ2n) is 24.5. The monoisotopic (exact) mass is 1290 g/mol. The van der Waals surface area contributed by atoms with Gasteiger partial charge in [-0.15, -0.1) is 28.2 Å². The minimum Gasteiger partial charge on any atom is -0.497 e. The molecule has 6 aromatic rings. The summed E-state index contributed by atoms with van der Waals surface area (Å²) in [5.74, 6) is 0.598. The number of aromatic nitrogens is 5. The van der Waals surface area contributed by atoms with Crippen LogP contribution in [0.5, 0.6) is 28.7 Å². The van der Waals surface area contributed by atoms with Crippen molar-refractivity contribution in [2.45, 2.75) is 117 Å². The molecule has 2 saturated heterocycles. The Morgan fingerprint density at radius 1 is 0.778 bits per heavy atom. The SMILES string of the molecule is COc1ccc(COc2ccc(C(=O)NCC[N+]3(CC4=C(c5nnnn5Cc5ccc(OC)cc5)N5C(=O)[C@@H](CC(=O)/C(=N\OC(C)(C)C(=O)OC(C)(C)C)c6csc(NC(=O)OC(C)(C)C)n6)[C@H]5SC4)CCCC3)c(Cl)c2OCc2ccc(OC)cc2)cc1. The lowest BCUT2D eigenvalue weighted by atomic mass is 9.89. The van der Waals surface area contributed by atoms with Gasteiger partial charge in [0.1, 0.15) is 53.9 Å². The van der Waals surface area contributed by atoms with Crippen LogP contribution in [0.3, 0.4) is 0 Å². The van der Waals surface area contributed by atoms with Crippen LogP contribution in [0.15, 0.2) is 101 Å². The van der Waals surface area contributed by atoms with Gasteiger partial charge in [-0.05, 0) is 131 Å². The lowest BCUT2D eigenvalue weighted by molar-refractivity contribution is -0.911. The molecule has 9 rings (SSSR count). The fourth-order valence-electron chi connectivity index (χ4n) is 10.4. The number of tetrazole rings is 1. The van der Waals surface area contributed by atoms with Crippen molar-refractivity contribution in [1.29, 1.82) is 0 Å². The number of likely N-dealkylation sites (tertiary alicyclic amines) is 1. The number of nitrogens with zero attached hydrogens (tertiary/aromatic N) is 8. The zero-order valence-electron chi connectivity index (χ0n) is 52.4. The van der Waals surface area contributed by atoms with Gasteiger partial charge < -0.3 is 47.8 Å². The number of carbonyl (C=O) groups is 5. The minimum absolute atomic E-state index is 0.0409. The number of thioether (sulfide) groups is 1. The predicted molar refractivity (Wildman–Crippen MR) is 340 cm³/mol. The van der Waals surface area contributed by atoms with Crippen LogP contribution in [0.4, 0.5) is 9.93 Å². The topological polar surface area (TPSA) is 255 Å². The van der Waals surface area contributed by atoms with E-state index in [0.29, 0.717) is 57.8 Å². The highest BCUT2D eigenvalue weighted by molar-refractivity contribution is 8.00. The molecular weight excluding hydrogens is 1220 g/mol. The van der Waals surface area contributed by atoms with Gasteiger partial charge in [-0.25, -0.2) is 19.3 Å². The van der Waals surface area contributed by atoms with Crippen molar-refractivity contribution in [3.63, 3.8) is 0 Å². The van der Waals surface area contributed by atoms with E-state index in [1.807, 2.05) is 72.8 Å². The number of esters is 1. The quantitative estimate of drug-likeness (QED) is 0.0168. The summed E-state index contributed by atoms with van der Waals surface area (Å²) in [4.78, 5) is 82.2. The third-order valence-corrected chi connectivity index (χ3v) is 17.5. The molecule has 5 heterocycles. The van der Waals surface area contributed by atoms with E-state index in [4.69, 9.17) is 49.6 Å². The van der Waals surface area contributed by atoms with Crippen LogP contribution in [-0.2, 0) is 48.5 Å². The van der Waals surface area contributed by atoms with E-state index in [2.05, 4.69) is 36.3 Å². The predicted octanol–water partition coefficient (Wildman–Crippen LogP) is 10.1. The number of amides is 3. The number of hydrogen-bond donors (Lipinski definition) is 2. The van der Waals surface area contributed by atoms with E-state index in [0.717, 1.165) is 59.5 Å². The minimum atomic E-state index is -1.66. The Kier molecular flexibility index (Phi) is 20.8. The van der Waals surface area contributed by atoms with Crippen LogP contribution in [-0.4, -0.2) is 152 Å². The van der Waals surface area contributed by atoms with Crippen LogP contribution in [0.25, 0.3) is 5.70 Å². The van der Waals surface area contributed by atoms with Crippen molar-refractivity contribution in [2.24, 2.45) is 11.1 Å². The summed E-state index contributed by atoms with van der Waals surface area (Å²) in [5, 5.41) is 24.3. The molecule has 0 aliphatic carbocycles. The average molecular weight is 1290 g/mol. The third-order valence-electron chi connectivity index (χ3n) is 15.0. The zero-order chi connectivity index (χ0) is 64.5. The van der Waals surface area contributed by atoms with E-state index < -0.39 is 51.8 Å². The number of halogens is 1. The zero-order valence-corrected chi connectivity index (χ0v) is 54.8. The summed E-state index contributed by atoms with van der Waals surface area (Å²) in [5.41, 5.74) is 0.757. The van der Waals surface area contributed by atoms with Gasteiger partial charge >= 0.3 is 12.1 Å². The van der Waals surface area contributed by atoms with Crippen LogP contribution in [0, 0.1) is 5.92 Å². The summed E-state index contributed by atoms with van der Waals surface area (Å²) in [6, 6.07) is 25.8. The Balaban J connectivity index is 0.970. The van der Waals surface area contributed by atoms with Crippen LogP contribution in [0.2, 0.25) is 5.02 Å². The molecule has 23 nitrogen and oxygen atoms in total. The number of quaternary nitrogens is 1. The Bertz CT molecular complexity index is 3630. The number of anilines is 1. The first-order valence-corrected chi connectivity index (χ1v) is 31.7. The number of nitrogens with one attached hydrogen (secondary N) is 2. The molecular formula is C64H76ClN10O13S2+. The molecule has 0 spiro atoms. The Labute approximate surface area is 536 Å². The largest absolute Gasteiger partial charge is 0.497 e. The first-order valence-electron chi connectivity index (χ1n) is 29.4. The van der Waals surface area contributed by atoms with Crippen LogP contribution < -0.4 is 34.3 Å². The number of benzene rings is 4. The van der Waals surface area contributed by atoms with E-state index >= 15 is 4.79 Å². The molecule has 4 aromatic carbocycles. The van der Waals surface area contributed by atoms with Gasteiger partial charge in [-0.3, -0.25) is 24.6 Å². The van der Waals surface area contributed by atoms with Crippen LogP contribution in [0.1, 0.15) is 113 Å². The molecule has 0 saturated carbocycles. The van der Waals surface area contributed by atoms with Crippen molar-refractivity contribution in [1.82, 2.24) is 35.4 Å². The Hall–Kier alpha value is -8.26. The molecule has 2 N–H and O–H groups in total. The highest BCUT2D eigenvalue weighted by Crippen LogP contribution is 2.49. The molecule has 3 aliphatic rings. The number of fused-ring (bicyclic) bond motifs is 1. The normalized spacial score (nSPS) is 16.6. The molecule has 2 aromatic heterocycles. The number of rotatable bonds is 26. The summed E-state index contributed by atoms with van der Waals surface area (Å²) in [6.07, 6.45) is 0.805. The Morgan fingerprint density at radius 2 is 1.38 bits per heavy atom. The third kappa shape index (κ3) is 16.4. The highest BCUT2D eigenvalue weighted by Gasteiger charge is 2.55. The standard InChI is InChI=1S/C64H75ClN10O13S2/c1-62(2,3)86-59(79)64(7,8)88-70-52(48-38-90-60(67-48)68-61(80)87-63(4,5)6)49(76)32-47-57(78)74-53(55-69-71-72-73(55)33-39-14-20-43(81-9)21-15-39)42(37-89-58(47)74)34-75(29-12-13-30-75)31-28-66-56(77)46-26-27-50(84-35-40-16-22-44(82-10)23-17-40)54(51(46)65)85-36-41-18-24-45(83-11)25-19-41/h14-27,38,47,58H,12-13,28-37H2,1-11H3,(H-,66,67,68,77,80)/p+1/b70-52-/t47-,58-/m1/s1.